The van der Waals surface area contributed by atoms with Gasteiger partial charge in [-0.3, -0.25) is 9.10 Å². The van der Waals surface area contributed by atoms with Gasteiger partial charge in [0.15, 0.2) is 0 Å². The molecule has 0 unspecified atom stereocenters. The molecule has 0 radical (unpaired) electrons. The van der Waals surface area contributed by atoms with Crippen LogP contribution in [0.3, 0.4) is 0 Å². The number of nitrogens with one attached hydrogen (secondary N) is 1. The van der Waals surface area contributed by atoms with Gasteiger partial charge < -0.3 is 10.1 Å². The second-order valence-electron chi connectivity index (χ2n) is 6.11. The van der Waals surface area contributed by atoms with Gasteiger partial charge in [0.1, 0.15) is 11.8 Å². The zero-order chi connectivity index (χ0) is 20.9. The van der Waals surface area contributed by atoms with Crippen LogP contribution in [0.4, 0.5) is 5.69 Å². The number of benzene rings is 2. The lowest BCUT2D eigenvalue weighted by atomic mass is 10.1. The Morgan fingerprint density at radius 3 is 2.50 bits per heavy atom. The van der Waals surface area contributed by atoms with Gasteiger partial charge in [0.25, 0.3) is 0 Å². The summed E-state index contributed by atoms with van der Waals surface area (Å²) in [7, 11) is -2.26. The van der Waals surface area contributed by atoms with Gasteiger partial charge in [0.05, 0.1) is 24.1 Å². The van der Waals surface area contributed by atoms with Crippen LogP contribution < -0.4 is 14.4 Å². The SMILES string of the molecule is CC[C@H](C(=O)NCc1ccccc1OC)N(c1cc(Cl)ccc1Cl)S(C)(=O)=O. The van der Waals surface area contributed by atoms with Crippen LogP contribution >= 0.6 is 23.2 Å². The Bertz CT molecular complexity index is 951. The summed E-state index contributed by atoms with van der Waals surface area (Å²) in [4.78, 5) is 12.9. The molecule has 0 aliphatic carbocycles. The number of ether oxygens (including phenoxy) is 1. The maximum absolute atomic E-state index is 12.9. The average molecular weight is 445 g/mol. The van der Waals surface area contributed by atoms with Crippen LogP contribution in [-0.2, 0) is 21.4 Å². The third kappa shape index (κ3) is 5.31. The van der Waals surface area contributed by atoms with Crippen molar-refractivity contribution in [3.05, 3.63) is 58.1 Å². The summed E-state index contributed by atoms with van der Waals surface area (Å²) < 4.78 is 31.3. The van der Waals surface area contributed by atoms with Gasteiger partial charge in [0.2, 0.25) is 15.9 Å². The fourth-order valence-corrected chi connectivity index (χ4v) is 4.48. The second kappa shape index (κ2) is 9.49. The summed E-state index contributed by atoms with van der Waals surface area (Å²) in [6, 6.07) is 10.8. The molecule has 0 heterocycles. The quantitative estimate of drug-likeness (QED) is 0.670. The molecule has 28 heavy (non-hydrogen) atoms. The van der Waals surface area contributed by atoms with E-state index in [2.05, 4.69) is 5.32 Å². The first-order valence-corrected chi connectivity index (χ1v) is 11.1. The summed E-state index contributed by atoms with van der Waals surface area (Å²) in [5, 5.41) is 3.28. The number of nitrogens with zero attached hydrogens (tertiary/aromatic N) is 1. The van der Waals surface area contributed by atoms with Crippen LogP contribution in [0, 0.1) is 0 Å². The molecule has 9 heteroatoms. The summed E-state index contributed by atoms with van der Waals surface area (Å²) in [5.41, 5.74) is 0.941. The Balaban J connectivity index is 2.33. The van der Waals surface area contributed by atoms with Gasteiger partial charge in [-0.15, -0.1) is 0 Å². The molecule has 0 aliphatic rings. The molecule has 152 valence electrons. The number of amides is 1. The first-order valence-electron chi connectivity index (χ1n) is 8.53. The maximum atomic E-state index is 12.9. The number of hydrogen-bond acceptors (Lipinski definition) is 4. The largest absolute Gasteiger partial charge is 0.496 e. The third-order valence-corrected chi connectivity index (χ3v) is 5.84. The molecule has 1 amide bonds. The number of sulfonamides is 1. The van der Waals surface area contributed by atoms with Crippen molar-refractivity contribution in [2.75, 3.05) is 17.7 Å². The van der Waals surface area contributed by atoms with Crippen molar-refractivity contribution >= 4 is 44.8 Å². The van der Waals surface area contributed by atoms with Crippen molar-refractivity contribution in [3.8, 4) is 5.75 Å². The van der Waals surface area contributed by atoms with Gasteiger partial charge in [-0.25, -0.2) is 8.42 Å². The van der Waals surface area contributed by atoms with Gasteiger partial charge in [-0.1, -0.05) is 48.3 Å². The second-order valence-corrected chi connectivity index (χ2v) is 8.81. The van der Waals surface area contributed by atoms with Gasteiger partial charge in [-0.05, 0) is 30.7 Å². The number of methoxy groups -OCH3 is 1. The molecule has 1 atom stereocenters. The molecule has 0 fully saturated rings. The Kier molecular flexibility index (Phi) is 7.57. The Labute approximate surface area is 175 Å². The van der Waals surface area contributed by atoms with E-state index >= 15 is 0 Å². The molecule has 2 aromatic carbocycles. The smallest absolute Gasteiger partial charge is 0.244 e. The molecule has 0 aromatic heterocycles. The third-order valence-electron chi connectivity index (χ3n) is 4.12. The topological polar surface area (TPSA) is 75.7 Å². The number of para-hydroxylation sites is 1. The van der Waals surface area contributed by atoms with Crippen LogP contribution in [0.1, 0.15) is 18.9 Å². The van der Waals surface area contributed by atoms with Gasteiger partial charge >= 0.3 is 0 Å². The maximum Gasteiger partial charge on any atom is 0.244 e. The highest BCUT2D eigenvalue weighted by atomic mass is 35.5. The minimum Gasteiger partial charge on any atom is -0.496 e. The van der Waals surface area contributed by atoms with Crippen molar-refractivity contribution in [2.24, 2.45) is 0 Å². The molecule has 0 saturated heterocycles. The molecular formula is C19H22Cl2N2O4S. The molecule has 6 nitrogen and oxygen atoms in total. The summed E-state index contributed by atoms with van der Waals surface area (Å²) in [5.74, 6) is 0.184. The molecule has 0 spiro atoms. The zero-order valence-corrected chi connectivity index (χ0v) is 18.1. The van der Waals surface area contributed by atoms with E-state index in [-0.39, 0.29) is 23.7 Å². The lowest BCUT2D eigenvalue weighted by Gasteiger charge is -2.31. The Morgan fingerprint density at radius 1 is 1.21 bits per heavy atom. The lowest BCUT2D eigenvalue weighted by Crippen LogP contribution is -2.49. The molecule has 0 aliphatic heterocycles. The number of carbonyl (C=O) groups is 1. The molecule has 0 bridgehead atoms. The van der Waals surface area contributed by atoms with Gasteiger partial charge in [0, 0.05) is 17.1 Å². The summed E-state index contributed by atoms with van der Waals surface area (Å²) >= 11 is 12.2. The highest BCUT2D eigenvalue weighted by Crippen LogP contribution is 2.33. The normalized spacial score (nSPS) is 12.3. The summed E-state index contributed by atoms with van der Waals surface area (Å²) in [6.07, 6.45) is 1.27. The average Bonchev–Trinajstić information content (AvgIpc) is 2.65. The molecular weight excluding hydrogens is 423 g/mol. The predicted molar refractivity (Wildman–Crippen MR) is 113 cm³/mol. The fourth-order valence-electron chi connectivity index (χ4n) is 2.84. The minimum atomic E-state index is -3.80. The summed E-state index contributed by atoms with van der Waals surface area (Å²) in [6.45, 7) is 1.92. The van der Waals surface area contributed by atoms with Gasteiger partial charge in [-0.2, -0.15) is 0 Å². The van der Waals surface area contributed by atoms with Crippen LogP contribution in [0.5, 0.6) is 5.75 Å². The van der Waals surface area contributed by atoms with Crippen LogP contribution in [-0.4, -0.2) is 33.7 Å². The van der Waals surface area contributed by atoms with E-state index in [1.807, 2.05) is 18.2 Å². The Morgan fingerprint density at radius 2 is 1.89 bits per heavy atom. The van der Waals surface area contributed by atoms with E-state index in [0.29, 0.717) is 10.8 Å². The van der Waals surface area contributed by atoms with Crippen molar-refractivity contribution in [2.45, 2.75) is 25.9 Å². The molecule has 2 aromatic rings. The number of hydrogen-bond donors (Lipinski definition) is 1. The lowest BCUT2D eigenvalue weighted by molar-refractivity contribution is -0.122. The monoisotopic (exact) mass is 444 g/mol. The first kappa shape index (κ1) is 22.3. The highest BCUT2D eigenvalue weighted by molar-refractivity contribution is 7.92. The van der Waals surface area contributed by atoms with E-state index < -0.39 is 22.0 Å². The molecule has 1 N–H and O–H groups in total. The van der Waals surface area contributed by atoms with E-state index in [4.69, 9.17) is 27.9 Å². The van der Waals surface area contributed by atoms with Crippen molar-refractivity contribution in [1.82, 2.24) is 5.32 Å². The fraction of sp³-hybridized carbons (Fsp3) is 0.316. The number of carbonyl (C=O) groups excluding carboxylic acids is 1. The van der Waals surface area contributed by atoms with Crippen LogP contribution in [0.25, 0.3) is 0 Å². The van der Waals surface area contributed by atoms with E-state index in [9.17, 15) is 13.2 Å². The van der Waals surface area contributed by atoms with E-state index in [1.54, 1.807) is 26.2 Å². The van der Waals surface area contributed by atoms with Crippen molar-refractivity contribution in [3.63, 3.8) is 0 Å². The standard InChI is InChI=1S/C19H22Cl2N2O4S/c1-4-16(19(24)22-12-13-7-5-6-8-18(13)27-2)23(28(3,25)26)17-11-14(20)9-10-15(17)21/h5-11,16H,4,12H2,1-3H3,(H,22,24)/t16-/m1/s1. The van der Waals surface area contributed by atoms with E-state index in [0.717, 1.165) is 16.1 Å². The van der Waals surface area contributed by atoms with E-state index in [1.165, 1.54) is 12.1 Å². The minimum absolute atomic E-state index is 0.163. The predicted octanol–water partition coefficient (Wildman–Crippen LogP) is 3.86. The highest BCUT2D eigenvalue weighted by Gasteiger charge is 2.32. The first-order chi connectivity index (χ1) is 13.2. The van der Waals surface area contributed by atoms with Crippen molar-refractivity contribution in [1.29, 1.82) is 0 Å². The number of anilines is 1. The number of halogens is 2. The molecule has 2 rings (SSSR count). The zero-order valence-electron chi connectivity index (χ0n) is 15.8. The molecule has 0 saturated carbocycles. The number of rotatable bonds is 8. The Hall–Kier alpha value is -1.96. The van der Waals surface area contributed by atoms with Crippen LogP contribution in [0.15, 0.2) is 42.5 Å². The van der Waals surface area contributed by atoms with Crippen LogP contribution in [0.2, 0.25) is 10.0 Å². The van der Waals surface area contributed by atoms with Crippen molar-refractivity contribution < 1.29 is 17.9 Å².